The van der Waals surface area contributed by atoms with E-state index in [-0.39, 0.29) is 11.0 Å². The molecule has 5 nitrogen and oxygen atoms in total. The molecule has 0 aliphatic heterocycles. The number of nitrogens with zero attached hydrogens (tertiary/aromatic N) is 1. The van der Waals surface area contributed by atoms with Crippen LogP contribution in [0, 0.1) is 0 Å². The van der Waals surface area contributed by atoms with Gasteiger partial charge in [-0.15, -0.1) is 0 Å². The highest BCUT2D eigenvalue weighted by Crippen LogP contribution is 2.22. The van der Waals surface area contributed by atoms with Crippen LogP contribution in [0.25, 0.3) is 0 Å². The molecule has 0 radical (unpaired) electrons. The Morgan fingerprint density at radius 2 is 2.29 bits per heavy atom. The van der Waals surface area contributed by atoms with Crippen LogP contribution >= 0.6 is 23.8 Å². The number of carbonyl (C=O) groups excluding carboxylic acids is 1. The number of amides is 1. The summed E-state index contributed by atoms with van der Waals surface area (Å²) < 4.78 is 0. The maximum atomic E-state index is 10.9. The molecule has 0 atom stereocenters. The second kappa shape index (κ2) is 6.17. The first-order valence-corrected chi connectivity index (χ1v) is 5.43. The molecule has 1 aromatic rings. The second-order valence-corrected chi connectivity index (χ2v) is 4.00. The number of benzene rings is 1. The fourth-order valence-electron chi connectivity index (χ4n) is 1.07. The third-order valence-electron chi connectivity index (χ3n) is 1.69. The Balaban J connectivity index is 2.78. The molecule has 0 aliphatic carbocycles. The van der Waals surface area contributed by atoms with Gasteiger partial charge in [-0.3, -0.25) is 10.2 Å². The molecule has 1 rings (SSSR count). The molecule has 0 saturated carbocycles. The first-order chi connectivity index (χ1) is 7.99. The molecule has 17 heavy (non-hydrogen) atoms. The van der Waals surface area contributed by atoms with Crippen molar-refractivity contribution in [2.24, 2.45) is 10.8 Å². The van der Waals surface area contributed by atoms with Crippen molar-refractivity contribution in [3.63, 3.8) is 0 Å². The molecule has 0 heterocycles. The van der Waals surface area contributed by atoms with Crippen molar-refractivity contribution in [3.8, 4) is 0 Å². The van der Waals surface area contributed by atoms with Crippen LogP contribution in [0.1, 0.15) is 12.5 Å². The van der Waals surface area contributed by atoms with Crippen molar-refractivity contribution in [1.82, 2.24) is 5.43 Å². The van der Waals surface area contributed by atoms with Crippen LogP contribution in [0.4, 0.5) is 5.69 Å². The van der Waals surface area contributed by atoms with E-state index in [9.17, 15) is 4.79 Å². The zero-order valence-electron chi connectivity index (χ0n) is 9.03. The Hall–Kier alpha value is -1.66. The van der Waals surface area contributed by atoms with Crippen molar-refractivity contribution in [2.45, 2.75) is 6.92 Å². The molecule has 0 aromatic heterocycles. The van der Waals surface area contributed by atoms with Crippen molar-refractivity contribution >= 4 is 46.7 Å². The number of carbonyl (C=O) groups is 1. The van der Waals surface area contributed by atoms with Crippen LogP contribution in [0.5, 0.6) is 0 Å². The summed E-state index contributed by atoms with van der Waals surface area (Å²) in [5, 5.41) is 6.90. The number of hydrogen-bond donors (Lipinski definition) is 3. The maximum Gasteiger partial charge on any atom is 0.221 e. The minimum absolute atomic E-state index is 0.0854. The van der Waals surface area contributed by atoms with E-state index in [1.807, 2.05) is 0 Å². The average molecular weight is 271 g/mol. The predicted octanol–water partition coefficient (Wildman–Crippen LogP) is 1.47. The topological polar surface area (TPSA) is 79.5 Å². The predicted molar refractivity (Wildman–Crippen MR) is 73.3 cm³/mol. The third-order valence-corrected chi connectivity index (χ3v) is 2.10. The van der Waals surface area contributed by atoms with Gasteiger partial charge >= 0.3 is 0 Å². The molecular formula is C10H11ClN4OS. The van der Waals surface area contributed by atoms with Crippen LogP contribution in [0.3, 0.4) is 0 Å². The number of hydrazone groups is 1. The summed E-state index contributed by atoms with van der Waals surface area (Å²) in [7, 11) is 0. The lowest BCUT2D eigenvalue weighted by atomic mass is 10.2. The van der Waals surface area contributed by atoms with Crippen LogP contribution in [0.15, 0.2) is 23.3 Å². The van der Waals surface area contributed by atoms with Gasteiger partial charge in [-0.25, -0.2) is 0 Å². The molecule has 0 bridgehead atoms. The Labute approximate surface area is 109 Å². The molecule has 4 N–H and O–H groups in total. The first-order valence-electron chi connectivity index (χ1n) is 4.64. The molecule has 1 amide bonds. The lowest BCUT2D eigenvalue weighted by Gasteiger charge is -2.05. The monoisotopic (exact) mass is 270 g/mol. The molecule has 0 unspecified atom stereocenters. The van der Waals surface area contributed by atoms with Crippen molar-refractivity contribution in [2.75, 3.05) is 5.32 Å². The molecule has 1 aromatic carbocycles. The van der Waals surface area contributed by atoms with Gasteiger partial charge in [0.2, 0.25) is 5.91 Å². The summed E-state index contributed by atoms with van der Waals surface area (Å²) in [4.78, 5) is 10.9. The minimum Gasteiger partial charge on any atom is -0.375 e. The highest BCUT2D eigenvalue weighted by molar-refractivity contribution is 7.80. The molecule has 0 spiro atoms. The quantitative estimate of drug-likeness (QED) is 0.441. The van der Waals surface area contributed by atoms with Gasteiger partial charge in [0.25, 0.3) is 0 Å². The number of anilines is 1. The van der Waals surface area contributed by atoms with Crippen molar-refractivity contribution in [1.29, 1.82) is 0 Å². The maximum absolute atomic E-state index is 10.9. The van der Waals surface area contributed by atoms with E-state index in [1.165, 1.54) is 13.1 Å². The standard InChI is InChI=1S/C10H11ClN4OS/c1-6(16)14-9-3-2-7(4-8(9)11)5-13-15-10(12)17/h2-5H,1H3,(H,14,16)(H3,12,15,17)/b13-5+. The van der Waals surface area contributed by atoms with E-state index < -0.39 is 0 Å². The lowest BCUT2D eigenvalue weighted by molar-refractivity contribution is -0.114. The van der Waals surface area contributed by atoms with Gasteiger partial charge < -0.3 is 11.1 Å². The molecule has 0 aliphatic rings. The van der Waals surface area contributed by atoms with E-state index in [0.717, 1.165) is 5.56 Å². The van der Waals surface area contributed by atoms with E-state index >= 15 is 0 Å². The largest absolute Gasteiger partial charge is 0.375 e. The highest BCUT2D eigenvalue weighted by Gasteiger charge is 2.02. The Morgan fingerprint density at radius 3 is 2.82 bits per heavy atom. The highest BCUT2D eigenvalue weighted by atomic mass is 35.5. The van der Waals surface area contributed by atoms with Crippen LogP contribution in [-0.4, -0.2) is 17.2 Å². The van der Waals surface area contributed by atoms with Gasteiger partial charge in [0.1, 0.15) is 0 Å². The van der Waals surface area contributed by atoms with Gasteiger partial charge in [0.15, 0.2) is 5.11 Å². The number of halogens is 1. The molecule has 90 valence electrons. The number of rotatable bonds is 3. The smallest absolute Gasteiger partial charge is 0.221 e. The van der Waals surface area contributed by atoms with Crippen LogP contribution in [-0.2, 0) is 4.79 Å². The SMILES string of the molecule is CC(=O)Nc1ccc(/C=N/NC(N)=S)cc1Cl. The van der Waals surface area contributed by atoms with Crippen molar-refractivity contribution in [3.05, 3.63) is 28.8 Å². The van der Waals surface area contributed by atoms with Gasteiger partial charge in [0, 0.05) is 6.92 Å². The summed E-state index contributed by atoms with van der Waals surface area (Å²) >= 11 is 10.6. The molecular weight excluding hydrogens is 260 g/mol. The summed E-state index contributed by atoms with van der Waals surface area (Å²) in [6.07, 6.45) is 1.52. The second-order valence-electron chi connectivity index (χ2n) is 3.15. The zero-order valence-corrected chi connectivity index (χ0v) is 10.6. The number of thiocarbonyl (C=S) groups is 1. The van der Waals surface area contributed by atoms with E-state index in [4.69, 9.17) is 17.3 Å². The number of nitrogens with two attached hydrogens (primary N) is 1. The van der Waals surface area contributed by atoms with E-state index in [2.05, 4.69) is 28.1 Å². The summed E-state index contributed by atoms with van der Waals surface area (Å²) in [6.45, 7) is 1.41. The average Bonchev–Trinajstić information content (AvgIpc) is 2.21. The molecule has 0 saturated heterocycles. The van der Waals surface area contributed by atoms with Crippen LogP contribution in [0.2, 0.25) is 5.02 Å². The first kappa shape index (κ1) is 13.4. The van der Waals surface area contributed by atoms with Crippen molar-refractivity contribution < 1.29 is 4.79 Å². The number of hydrogen-bond acceptors (Lipinski definition) is 3. The fraction of sp³-hybridized carbons (Fsp3) is 0.100. The van der Waals surface area contributed by atoms with Gasteiger partial charge in [0.05, 0.1) is 16.9 Å². The van der Waals surface area contributed by atoms with Gasteiger partial charge in [-0.2, -0.15) is 5.10 Å². The normalized spacial score (nSPS) is 10.2. The third kappa shape index (κ3) is 4.80. The summed E-state index contributed by atoms with van der Waals surface area (Å²) in [5.41, 5.74) is 8.94. The summed E-state index contributed by atoms with van der Waals surface area (Å²) in [5.74, 6) is -0.177. The summed E-state index contributed by atoms with van der Waals surface area (Å²) in [6, 6.07) is 5.10. The zero-order chi connectivity index (χ0) is 12.8. The van der Waals surface area contributed by atoms with E-state index in [1.54, 1.807) is 18.2 Å². The van der Waals surface area contributed by atoms with Gasteiger partial charge in [-0.05, 0) is 29.9 Å². The number of nitrogens with one attached hydrogen (secondary N) is 2. The van der Waals surface area contributed by atoms with Gasteiger partial charge in [-0.1, -0.05) is 17.7 Å². The molecule has 7 heteroatoms. The van der Waals surface area contributed by atoms with Crippen LogP contribution < -0.4 is 16.5 Å². The minimum atomic E-state index is -0.177. The Bertz CT molecular complexity index is 475. The fourth-order valence-corrected chi connectivity index (χ4v) is 1.36. The Morgan fingerprint density at radius 1 is 1.59 bits per heavy atom. The molecule has 0 fully saturated rings. The Kier molecular flexibility index (Phi) is 4.86. The van der Waals surface area contributed by atoms with E-state index in [0.29, 0.717) is 10.7 Å². The lowest BCUT2D eigenvalue weighted by Crippen LogP contribution is -2.23.